The van der Waals surface area contributed by atoms with Crippen molar-refractivity contribution >= 4 is 36.3 Å². The van der Waals surface area contributed by atoms with Gasteiger partial charge in [-0.1, -0.05) is 48.5 Å². The summed E-state index contributed by atoms with van der Waals surface area (Å²) in [6.45, 7) is 0. The van der Waals surface area contributed by atoms with Gasteiger partial charge in [-0.05, 0) is 18.1 Å². The van der Waals surface area contributed by atoms with Gasteiger partial charge in [0.15, 0.2) is 0 Å². The molecule has 1 heterocycles. The van der Waals surface area contributed by atoms with Crippen molar-refractivity contribution in [2.24, 2.45) is 0 Å². The third-order valence-electron chi connectivity index (χ3n) is 5.23. The molecule has 5 N–H and O–H groups in total. The molecule has 5 atom stereocenters. The van der Waals surface area contributed by atoms with Crippen LogP contribution in [0.1, 0.15) is 23.5 Å². The van der Waals surface area contributed by atoms with E-state index in [-0.39, 0.29) is 23.5 Å². The molecule has 0 saturated carbocycles. The number of para-hydroxylation sites is 1. The number of thiol groups is 1. The Hall–Kier alpha value is -2.20. The summed E-state index contributed by atoms with van der Waals surface area (Å²) in [6.07, 6.45) is 0.648. The minimum atomic E-state index is -1.09. The van der Waals surface area contributed by atoms with Gasteiger partial charge < -0.3 is 20.6 Å². The zero-order chi connectivity index (χ0) is 22.4. The molecule has 0 aromatic heterocycles. The number of nitrogens with one attached hydrogen (secondary N) is 2. The molecule has 166 valence electrons. The second kappa shape index (κ2) is 10.9. The SMILES string of the molecule is O=C(O)[C@H](Cc1ccccc1)NC(=O)[C@@H]1CS[C@H](CC(c2ccccc2O)C(O)S)N1. The predicted molar refractivity (Wildman–Crippen MR) is 123 cm³/mol. The molecule has 1 aliphatic heterocycles. The number of aliphatic carboxylic acids is 1. The Morgan fingerprint density at radius 1 is 1.16 bits per heavy atom. The normalized spacial score (nSPS) is 21.2. The van der Waals surface area contributed by atoms with Crippen LogP contribution in [-0.4, -0.2) is 55.8 Å². The first-order valence-corrected chi connectivity index (χ1v) is 11.5. The third kappa shape index (κ3) is 6.39. The van der Waals surface area contributed by atoms with Gasteiger partial charge in [0, 0.05) is 23.7 Å². The summed E-state index contributed by atoms with van der Waals surface area (Å²) in [6, 6.07) is 14.4. The number of carboxylic acid groups (broad SMARTS) is 1. The van der Waals surface area contributed by atoms with Crippen molar-refractivity contribution in [3.05, 3.63) is 65.7 Å². The van der Waals surface area contributed by atoms with Crippen LogP contribution in [0, 0.1) is 0 Å². The second-order valence-corrected chi connectivity index (χ2v) is 9.21. The molecule has 1 amide bonds. The monoisotopic (exact) mass is 462 g/mol. The molecule has 31 heavy (non-hydrogen) atoms. The number of aliphatic hydroxyl groups is 1. The molecular weight excluding hydrogens is 436 g/mol. The lowest BCUT2D eigenvalue weighted by atomic mass is 9.95. The van der Waals surface area contributed by atoms with E-state index in [1.807, 2.05) is 30.3 Å². The molecule has 1 saturated heterocycles. The number of carboxylic acids is 1. The van der Waals surface area contributed by atoms with E-state index in [0.717, 1.165) is 5.56 Å². The second-order valence-electron chi connectivity index (χ2n) is 7.44. The highest BCUT2D eigenvalue weighted by Gasteiger charge is 2.35. The average Bonchev–Trinajstić information content (AvgIpc) is 3.21. The van der Waals surface area contributed by atoms with E-state index in [2.05, 4.69) is 23.3 Å². The van der Waals surface area contributed by atoms with Crippen LogP contribution in [-0.2, 0) is 16.0 Å². The maximum absolute atomic E-state index is 12.7. The number of rotatable bonds is 9. The fourth-order valence-electron chi connectivity index (χ4n) is 3.58. The first-order chi connectivity index (χ1) is 14.8. The molecule has 2 aromatic carbocycles. The van der Waals surface area contributed by atoms with Crippen LogP contribution in [0.5, 0.6) is 5.75 Å². The number of aliphatic hydroxyl groups excluding tert-OH is 1. The van der Waals surface area contributed by atoms with Crippen molar-refractivity contribution in [1.82, 2.24) is 10.6 Å². The van der Waals surface area contributed by atoms with E-state index in [1.54, 1.807) is 24.3 Å². The lowest BCUT2D eigenvalue weighted by molar-refractivity contribution is -0.142. The predicted octanol–water partition coefficient (Wildman–Crippen LogP) is 1.96. The van der Waals surface area contributed by atoms with Crippen LogP contribution in [0.15, 0.2) is 54.6 Å². The topological polar surface area (TPSA) is 119 Å². The quantitative estimate of drug-likeness (QED) is 0.249. The molecule has 0 aliphatic carbocycles. The van der Waals surface area contributed by atoms with Crippen molar-refractivity contribution in [2.45, 2.75) is 41.7 Å². The summed E-state index contributed by atoms with van der Waals surface area (Å²) in [5.74, 6) is -1.32. The Kier molecular flexibility index (Phi) is 8.25. The molecule has 2 aromatic rings. The summed E-state index contributed by atoms with van der Waals surface area (Å²) in [5.41, 5.74) is 0.440. The van der Waals surface area contributed by atoms with Gasteiger partial charge in [-0.2, -0.15) is 0 Å². The van der Waals surface area contributed by atoms with Gasteiger partial charge in [0.25, 0.3) is 0 Å². The maximum atomic E-state index is 12.7. The number of thioether (sulfide) groups is 1. The van der Waals surface area contributed by atoms with Gasteiger partial charge >= 0.3 is 5.97 Å². The zero-order valence-electron chi connectivity index (χ0n) is 16.7. The van der Waals surface area contributed by atoms with E-state index in [4.69, 9.17) is 0 Å². The van der Waals surface area contributed by atoms with Crippen LogP contribution >= 0.6 is 24.4 Å². The average molecular weight is 463 g/mol. The number of carbonyl (C=O) groups is 2. The molecule has 3 rings (SSSR count). The van der Waals surface area contributed by atoms with Crippen molar-refractivity contribution in [3.8, 4) is 5.75 Å². The van der Waals surface area contributed by atoms with Crippen LogP contribution in [0.4, 0.5) is 0 Å². The molecule has 0 spiro atoms. The number of phenolic OH excluding ortho intramolecular Hbond substituents is 1. The third-order valence-corrected chi connectivity index (χ3v) is 6.85. The van der Waals surface area contributed by atoms with Gasteiger partial charge in [-0.3, -0.25) is 10.1 Å². The number of amides is 1. The number of hydrogen-bond acceptors (Lipinski definition) is 7. The molecule has 1 fully saturated rings. The lowest BCUT2D eigenvalue weighted by Crippen LogP contribution is -2.51. The van der Waals surface area contributed by atoms with Crippen molar-refractivity contribution < 1.29 is 24.9 Å². The summed E-state index contributed by atoms with van der Waals surface area (Å²) < 4.78 is 0. The van der Waals surface area contributed by atoms with Crippen molar-refractivity contribution in [2.75, 3.05) is 5.75 Å². The molecule has 1 aliphatic rings. The number of aromatic hydroxyl groups is 1. The Morgan fingerprint density at radius 3 is 2.48 bits per heavy atom. The minimum absolute atomic E-state index is 0.0862. The van der Waals surface area contributed by atoms with Crippen LogP contribution in [0.2, 0.25) is 0 Å². The van der Waals surface area contributed by atoms with Gasteiger partial charge in [-0.15, -0.1) is 24.4 Å². The highest BCUT2D eigenvalue weighted by atomic mass is 32.2. The maximum Gasteiger partial charge on any atom is 0.326 e. The summed E-state index contributed by atoms with van der Waals surface area (Å²) in [5, 5.41) is 35.4. The fraction of sp³-hybridized carbons (Fsp3) is 0.364. The van der Waals surface area contributed by atoms with Crippen LogP contribution < -0.4 is 10.6 Å². The first kappa shape index (κ1) is 23.5. The highest BCUT2D eigenvalue weighted by Crippen LogP contribution is 2.36. The zero-order valence-corrected chi connectivity index (χ0v) is 18.4. The van der Waals surface area contributed by atoms with Gasteiger partial charge in [0.1, 0.15) is 17.2 Å². The Morgan fingerprint density at radius 2 is 1.84 bits per heavy atom. The molecule has 7 nitrogen and oxygen atoms in total. The summed E-state index contributed by atoms with van der Waals surface area (Å²) in [7, 11) is 0. The molecule has 2 unspecified atom stereocenters. The van der Waals surface area contributed by atoms with E-state index >= 15 is 0 Å². The van der Waals surface area contributed by atoms with Crippen LogP contribution in [0.25, 0.3) is 0 Å². The highest BCUT2D eigenvalue weighted by molar-refractivity contribution is 8.00. The van der Waals surface area contributed by atoms with E-state index < -0.39 is 29.4 Å². The Balaban J connectivity index is 1.59. The molecular formula is C22H26N2O5S2. The van der Waals surface area contributed by atoms with E-state index in [1.165, 1.54) is 11.8 Å². The van der Waals surface area contributed by atoms with E-state index in [0.29, 0.717) is 17.7 Å². The smallest absolute Gasteiger partial charge is 0.326 e. The summed E-state index contributed by atoms with van der Waals surface area (Å²) >= 11 is 5.68. The molecule has 0 radical (unpaired) electrons. The lowest BCUT2D eigenvalue weighted by Gasteiger charge is -2.24. The van der Waals surface area contributed by atoms with Gasteiger partial charge in [0.05, 0.1) is 11.4 Å². The number of carbonyl (C=O) groups excluding carboxylic acids is 1. The first-order valence-electron chi connectivity index (χ1n) is 9.94. The van der Waals surface area contributed by atoms with Crippen LogP contribution in [0.3, 0.4) is 0 Å². The number of hydrogen-bond donors (Lipinski definition) is 6. The fourth-order valence-corrected chi connectivity index (χ4v) is 5.14. The van der Waals surface area contributed by atoms with Gasteiger partial charge in [-0.25, -0.2) is 4.79 Å². The van der Waals surface area contributed by atoms with E-state index in [9.17, 15) is 24.9 Å². The number of phenols is 1. The van der Waals surface area contributed by atoms with Crippen molar-refractivity contribution in [1.29, 1.82) is 0 Å². The summed E-state index contributed by atoms with van der Waals surface area (Å²) in [4.78, 5) is 24.3. The Bertz CT molecular complexity index is 896. The number of benzene rings is 2. The Labute approximate surface area is 190 Å². The largest absolute Gasteiger partial charge is 0.508 e. The minimum Gasteiger partial charge on any atom is -0.508 e. The molecule has 0 bridgehead atoms. The standard InChI is InChI=1S/C22H26N2O5S2/c25-18-9-5-4-8-14(18)15(22(29)30)11-19-23-17(12-31-19)20(26)24-16(21(27)28)10-13-6-2-1-3-7-13/h1-9,15-17,19,22-23,25,29-30H,10-12H2,(H,24,26)(H,27,28)/t15?,16-,17-,19+,22?/m0/s1. The van der Waals surface area contributed by atoms with Crippen molar-refractivity contribution in [3.63, 3.8) is 0 Å². The molecule has 9 heteroatoms. The van der Waals surface area contributed by atoms with Gasteiger partial charge in [0.2, 0.25) is 5.91 Å².